The molecule has 3 nitrogen and oxygen atoms in total. The highest BCUT2D eigenvalue weighted by atomic mass is 16.2. The Bertz CT molecular complexity index is 438. The monoisotopic (exact) mass is 246 g/mol. The van der Waals surface area contributed by atoms with Crippen LogP contribution in [0.5, 0.6) is 0 Å². The number of nitrogens with two attached hydrogens (primary N) is 1. The first-order chi connectivity index (χ1) is 8.61. The van der Waals surface area contributed by atoms with E-state index in [1.807, 2.05) is 30.9 Å². The predicted octanol–water partition coefficient (Wildman–Crippen LogP) is 2.84. The minimum absolute atomic E-state index is 0.141. The Hall–Kier alpha value is -1.51. The van der Waals surface area contributed by atoms with E-state index in [-0.39, 0.29) is 5.91 Å². The van der Waals surface area contributed by atoms with Crippen molar-refractivity contribution in [1.29, 1.82) is 0 Å². The van der Waals surface area contributed by atoms with Crippen molar-refractivity contribution in [2.24, 2.45) is 5.92 Å². The first-order valence-corrected chi connectivity index (χ1v) is 6.77. The minimum Gasteiger partial charge on any atom is -0.399 e. The van der Waals surface area contributed by atoms with Gasteiger partial charge in [-0.15, -0.1) is 0 Å². The highest BCUT2D eigenvalue weighted by molar-refractivity contribution is 5.96. The lowest BCUT2D eigenvalue weighted by Gasteiger charge is -2.32. The maximum Gasteiger partial charge on any atom is 0.254 e. The molecule has 0 saturated heterocycles. The summed E-state index contributed by atoms with van der Waals surface area (Å²) in [5, 5.41) is 0. The largest absolute Gasteiger partial charge is 0.399 e. The van der Waals surface area contributed by atoms with Gasteiger partial charge in [0.05, 0.1) is 0 Å². The van der Waals surface area contributed by atoms with Crippen molar-refractivity contribution in [1.82, 2.24) is 4.90 Å². The van der Waals surface area contributed by atoms with E-state index < -0.39 is 0 Å². The van der Waals surface area contributed by atoms with Crippen LogP contribution in [0.15, 0.2) is 18.2 Å². The van der Waals surface area contributed by atoms with Crippen LogP contribution in [-0.2, 0) is 0 Å². The van der Waals surface area contributed by atoms with Crippen LogP contribution >= 0.6 is 0 Å². The van der Waals surface area contributed by atoms with E-state index in [4.69, 9.17) is 5.73 Å². The summed E-state index contributed by atoms with van der Waals surface area (Å²) in [6.45, 7) is 5.67. The summed E-state index contributed by atoms with van der Waals surface area (Å²) in [6.07, 6.45) is 3.85. The van der Waals surface area contributed by atoms with Gasteiger partial charge in [-0.2, -0.15) is 0 Å². The second-order valence-corrected chi connectivity index (χ2v) is 5.22. The van der Waals surface area contributed by atoms with Crippen LogP contribution < -0.4 is 5.73 Å². The lowest BCUT2D eigenvalue weighted by atomic mass is 9.85. The summed E-state index contributed by atoms with van der Waals surface area (Å²) >= 11 is 0. The summed E-state index contributed by atoms with van der Waals surface area (Å²) in [5.41, 5.74) is 8.18. The van der Waals surface area contributed by atoms with Gasteiger partial charge < -0.3 is 10.6 Å². The molecule has 1 amide bonds. The number of amides is 1. The number of hydrogen-bond donors (Lipinski definition) is 1. The van der Waals surface area contributed by atoms with E-state index in [9.17, 15) is 4.79 Å². The van der Waals surface area contributed by atoms with Gasteiger partial charge in [0.2, 0.25) is 0 Å². The van der Waals surface area contributed by atoms with Crippen LogP contribution in [0.4, 0.5) is 5.69 Å². The molecule has 0 radical (unpaired) electrons. The summed E-state index contributed by atoms with van der Waals surface area (Å²) in [6, 6.07) is 5.51. The van der Waals surface area contributed by atoms with Gasteiger partial charge in [-0.3, -0.25) is 4.79 Å². The van der Waals surface area contributed by atoms with Crippen LogP contribution in [0.3, 0.4) is 0 Å². The number of aryl methyl sites for hydroxylation is 1. The summed E-state index contributed by atoms with van der Waals surface area (Å²) in [5.74, 6) is 0.852. The maximum atomic E-state index is 12.5. The Morgan fingerprint density at radius 2 is 2.17 bits per heavy atom. The van der Waals surface area contributed by atoms with Gasteiger partial charge in [0.25, 0.3) is 5.91 Å². The molecule has 1 saturated carbocycles. The Morgan fingerprint density at radius 1 is 1.44 bits per heavy atom. The third-order valence-corrected chi connectivity index (χ3v) is 3.85. The van der Waals surface area contributed by atoms with Crippen LogP contribution in [0.1, 0.15) is 42.1 Å². The Balaban J connectivity index is 2.11. The third-order valence-electron chi connectivity index (χ3n) is 3.85. The Labute approximate surface area is 109 Å². The molecule has 0 heterocycles. The molecule has 18 heavy (non-hydrogen) atoms. The molecule has 1 aliphatic carbocycles. The molecule has 0 spiro atoms. The average molecular weight is 246 g/mol. The van der Waals surface area contributed by atoms with Crippen LogP contribution in [0.2, 0.25) is 0 Å². The quantitative estimate of drug-likeness (QED) is 0.830. The van der Waals surface area contributed by atoms with Crippen molar-refractivity contribution in [2.75, 3.05) is 18.8 Å². The number of nitrogens with zero attached hydrogens (tertiary/aromatic N) is 1. The molecular weight excluding hydrogens is 224 g/mol. The van der Waals surface area contributed by atoms with Crippen LogP contribution in [-0.4, -0.2) is 23.9 Å². The number of nitrogen functional groups attached to an aromatic ring is 1. The zero-order chi connectivity index (χ0) is 13.1. The highest BCUT2D eigenvalue weighted by Gasteiger charge is 2.24. The maximum absolute atomic E-state index is 12.5. The molecule has 2 rings (SSSR count). The third kappa shape index (κ3) is 2.66. The van der Waals surface area contributed by atoms with Crippen molar-refractivity contribution < 1.29 is 4.79 Å². The van der Waals surface area contributed by atoms with Crippen LogP contribution in [0, 0.1) is 12.8 Å². The molecule has 1 fully saturated rings. The molecule has 1 aromatic carbocycles. The van der Waals surface area contributed by atoms with Gasteiger partial charge in [-0.1, -0.05) is 6.42 Å². The molecule has 0 bridgehead atoms. The minimum atomic E-state index is 0.141. The molecule has 98 valence electrons. The van der Waals surface area contributed by atoms with Gasteiger partial charge >= 0.3 is 0 Å². The number of rotatable bonds is 4. The molecule has 0 atom stereocenters. The average Bonchev–Trinajstić information content (AvgIpc) is 2.27. The number of benzene rings is 1. The normalized spacial score (nSPS) is 15.2. The number of hydrogen-bond acceptors (Lipinski definition) is 2. The molecule has 2 N–H and O–H groups in total. The fraction of sp³-hybridized carbons (Fsp3) is 0.533. The molecule has 0 unspecified atom stereocenters. The smallest absolute Gasteiger partial charge is 0.254 e. The lowest BCUT2D eigenvalue weighted by molar-refractivity contribution is 0.0706. The number of anilines is 1. The molecule has 1 aromatic rings. The second kappa shape index (κ2) is 5.42. The zero-order valence-electron chi connectivity index (χ0n) is 11.3. The summed E-state index contributed by atoms with van der Waals surface area (Å²) < 4.78 is 0. The SMILES string of the molecule is CCN(CC1CCC1)C(=O)c1ccc(N)cc1C. The van der Waals surface area contributed by atoms with E-state index in [0.717, 1.165) is 24.2 Å². The van der Waals surface area contributed by atoms with E-state index in [2.05, 4.69) is 0 Å². The molecule has 1 aliphatic rings. The van der Waals surface area contributed by atoms with E-state index in [1.165, 1.54) is 19.3 Å². The van der Waals surface area contributed by atoms with Gasteiger partial charge in [0.1, 0.15) is 0 Å². The topological polar surface area (TPSA) is 46.3 Å². The van der Waals surface area contributed by atoms with Gasteiger partial charge in [-0.25, -0.2) is 0 Å². The standard InChI is InChI=1S/C15H22N2O/c1-3-17(10-12-5-4-6-12)15(18)14-8-7-13(16)9-11(14)2/h7-9,12H,3-6,10,16H2,1-2H3. The Morgan fingerprint density at radius 3 is 2.67 bits per heavy atom. The van der Waals surface area contributed by atoms with Crippen molar-refractivity contribution >= 4 is 11.6 Å². The van der Waals surface area contributed by atoms with E-state index in [1.54, 1.807) is 6.07 Å². The lowest BCUT2D eigenvalue weighted by Crippen LogP contribution is -2.37. The van der Waals surface area contributed by atoms with E-state index in [0.29, 0.717) is 11.6 Å². The molecule has 3 heteroatoms. The van der Waals surface area contributed by atoms with Gasteiger partial charge in [0.15, 0.2) is 0 Å². The van der Waals surface area contributed by atoms with Gasteiger partial charge in [0, 0.05) is 24.3 Å². The first-order valence-electron chi connectivity index (χ1n) is 6.77. The fourth-order valence-corrected chi connectivity index (χ4v) is 2.44. The number of carbonyl (C=O) groups excluding carboxylic acids is 1. The predicted molar refractivity (Wildman–Crippen MR) is 74.5 cm³/mol. The van der Waals surface area contributed by atoms with Gasteiger partial charge in [-0.05, 0) is 56.4 Å². The van der Waals surface area contributed by atoms with Crippen molar-refractivity contribution in [2.45, 2.75) is 33.1 Å². The molecular formula is C15H22N2O. The first kappa shape index (κ1) is 12.9. The van der Waals surface area contributed by atoms with Crippen molar-refractivity contribution in [3.05, 3.63) is 29.3 Å². The second-order valence-electron chi connectivity index (χ2n) is 5.22. The van der Waals surface area contributed by atoms with Crippen molar-refractivity contribution in [3.8, 4) is 0 Å². The fourth-order valence-electron chi connectivity index (χ4n) is 2.44. The van der Waals surface area contributed by atoms with E-state index >= 15 is 0 Å². The molecule has 0 aromatic heterocycles. The summed E-state index contributed by atoms with van der Waals surface area (Å²) in [7, 11) is 0. The molecule has 0 aliphatic heterocycles. The Kier molecular flexibility index (Phi) is 3.90. The number of carbonyl (C=O) groups is 1. The highest BCUT2D eigenvalue weighted by Crippen LogP contribution is 2.27. The van der Waals surface area contributed by atoms with Crippen molar-refractivity contribution in [3.63, 3.8) is 0 Å². The zero-order valence-corrected chi connectivity index (χ0v) is 11.3. The summed E-state index contributed by atoms with van der Waals surface area (Å²) in [4.78, 5) is 14.4. The van der Waals surface area contributed by atoms with Crippen LogP contribution in [0.25, 0.3) is 0 Å².